The third-order valence-electron chi connectivity index (χ3n) is 9.76. The maximum atomic E-state index is 4.71. The first-order chi connectivity index (χ1) is 18.9. The highest BCUT2D eigenvalue weighted by Gasteiger charge is 2.32. The Morgan fingerprint density at radius 3 is 2.46 bits per heavy atom. The predicted octanol–water partition coefficient (Wildman–Crippen LogP) is 9.12. The van der Waals surface area contributed by atoms with Crippen molar-refractivity contribution in [1.82, 2.24) is 4.98 Å². The van der Waals surface area contributed by atoms with E-state index in [9.17, 15) is 0 Å². The van der Waals surface area contributed by atoms with Gasteiger partial charge in [-0.3, -0.25) is 4.98 Å². The van der Waals surface area contributed by atoms with Crippen LogP contribution in [0.4, 0.5) is 11.4 Å². The summed E-state index contributed by atoms with van der Waals surface area (Å²) in [4.78, 5) is 4.71. The first kappa shape index (κ1) is 26.2. The van der Waals surface area contributed by atoms with Crippen molar-refractivity contribution in [3.8, 4) is 0 Å². The largest absolute Gasteiger partial charge is 0.360 e. The van der Waals surface area contributed by atoms with Crippen LogP contribution in [0.2, 0.25) is 0 Å². The second-order valence-corrected chi connectivity index (χ2v) is 12.8. The molecule has 1 fully saturated rings. The van der Waals surface area contributed by atoms with Gasteiger partial charge in [0.25, 0.3) is 0 Å². The van der Waals surface area contributed by atoms with Crippen molar-refractivity contribution in [3.63, 3.8) is 0 Å². The van der Waals surface area contributed by atoms with Gasteiger partial charge in [0.15, 0.2) is 0 Å². The molecule has 1 saturated carbocycles. The molecule has 3 aromatic rings. The van der Waals surface area contributed by atoms with Crippen LogP contribution in [0.1, 0.15) is 96.3 Å². The van der Waals surface area contributed by atoms with Gasteiger partial charge in [-0.25, -0.2) is 0 Å². The monoisotopic (exact) mass is 519 g/mol. The quantitative estimate of drug-likeness (QED) is 0.311. The molecule has 39 heavy (non-hydrogen) atoms. The van der Waals surface area contributed by atoms with Crippen LogP contribution >= 0.6 is 0 Å². The van der Waals surface area contributed by atoms with Gasteiger partial charge >= 0.3 is 0 Å². The summed E-state index contributed by atoms with van der Waals surface area (Å²) < 4.78 is 0. The van der Waals surface area contributed by atoms with E-state index in [2.05, 4.69) is 81.3 Å². The summed E-state index contributed by atoms with van der Waals surface area (Å²) in [6.45, 7) is 13.5. The first-order valence-electron chi connectivity index (χ1n) is 15.3. The third kappa shape index (κ3) is 5.38. The van der Waals surface area contributed by atoms with E-state index in [4.69, 9.17) is 4.98 Å². The van der Waals surface area contributed by atoms with E-state index in [1.54, 1.807) is 0 Å². The summed E-state index contributed by atoms with van der Waals surface area (Å²) in [5.41, 5.74) is 14.6. The molecule has 0 bridgehead atoms. The van der Waals surface area contributed by atoms with Gasteiger partial charge in [-0.1, -0.05) is 62.9 Å². The fourth-order valence-electron chi connectivity index (χ4n) is 7.51. The van der Waals surface area contributed by atoms with E-state index < -0.39 is 0 Å². The van der Waals surface area contributed by atoms with E-state index >= 15 is 0 Å². The number of fused-ring (bicyclic) bond motifs is 2. The molecule has 2 aliphatic carbocycles. The molecular formula is C36H45N3. The Kier molecular flexibility index (Phi) is 7.27. The molecule has 2 aromatic carbocycles. The van der Waals surface area contributed by atoms with E-state index in [1.165, 1.54) is 94.4 Å². The molecule has 3 aliphatic rings. The number of rotatable bonds is 8. The van der Waals surface area contributed by atoms with Crippen LogP contribution < -0.4 is 10.6 Å². The maximum Gasteiger partial charge on any atom is 0.125 e. The fraction of sp³-hybridized carbons (Fsp3) is 0.472. The maximum absolute atomic E-state index is 4.71. The predicted molar refractivity (Wildman–Crippen MR) is 165 cm³/mol. The number of hydrogen-bond donors (Lipinski definition) is 2. The molecule has 2 heterocycles. The Labute approximate surface area is 235 Å². The molecule has 6 rings (SSSR count). The van der Waals surface area contributed by atoms with Crippen molar-refractivity contribution in [2.24, 2.45) is 17.8 Å². The topological polar surface area (TPSA) is 37.0 Å². The van der Waals surface area contributed by atoms with Crippen molar-refractivity contribution < 1.29 is 0 Å². The van der Waals surface area contributed by atoms with Crippen LogP contribution in [0.3, 0.4) is 0 Å². The van der Waals surface area contributed by atoms with Gasteiger partial charge in [0.1, 0.15) is 6.17 Å². The third-order valence-corrected chi connectivity index (χ3v) is 9.76. The lowest BCUT2D eigenvalue weighted by molar-refractivity contribution is 0.446. The lowest BCUT2D eigenvalue weighted by atomic mass is 9.89. The highest BCUT2D eigenvalue weighted by molar-refractivity contribution is 5.84. The van der Waals surface area contributed by atoms with Gasteiger partial charge in [-0.2, -0.15) is 0 Å². The number of nitrogens with zero attached hydrogens (tertiary/aromatic N) is 1. The van der Waals surface area contributed by atoms with E-state index in [-0.39, 0.29) is 6.17 Å². The van der Waals surface area contributed by atoms with Crippen molar-refractivity contribution >= 4 is 16.9 Å². The normalized spacial score (nSPS) is 21.0. The highest BCUT2D eigenvalue weighted by atomic mass is 15.2. The summed E-state index contributed by atoms with van der Waals surface area (Å²) in [6, 6.07) is 13.8. The first-order valence-corrected chi connectivity index (χ1v) is 15.3. The second-order valence-electron chi connectivity index (χ2n) is 12.8. The van der Waals surface area contributed by atoms with Gasteiger partial charge < -0.3 is 10.6 Å². The van der Waals surface area contributed by atoms with Crippen molar-refractivity contribution in [2.45, 2.75) is 91.6 Å². The smallest absolute Gasteiger partial charge is 0.125 e. The van der Waals surface area contributed by atoms with Gasteiger partial charge in [-0.15, -0.1) is 0 Å². The molecule has 3 atom stereocenters. The van der Waals surface area contributed by atoms with E-state index in [0.717, 1.165) is 30.9 Å². The lowest BCUT2D eigenvalue weighted by Gasteiger charge is -2.22. The molecule has 3 nitrogen and oxygen atoms in total. The summed E-state index contributed by atoms with van der Waals surface area (Å²) in [5.74, 6) is 2.11. The van der Waals surface area contributed by atoms with Crippen molar-refractivity contribution in [2.75, 3.05) is 10.6 Å². The second kappa shape index (κ2) is 10.8. The number of aromatic nitrogens is 1. The molecule has 3 heteroatoms. The van der Waals surface area contributed by atoms with E-state index in [0.29, 0.717) is 11.8 Å². The Morgan fingerprint density at radius 1 is 0.923 bits per heavy atom. The van der Waals surface area contributed by atoms with Crippen LogP contribution in [0, 0.1) is 38.5 Å². The fourth-order valence-corrected chi connectivity index (χ4v) is 7.51. The standard InChI is InChI=1S/C36H45N3/c1-22-10-11-24(3)30(16-22)18-23(2)17-29-14-15-37-26(5)35(29)36-38-33-20-31-19-28(13-12-27-8-6-7-9-27)25(4)32(31)21-34(33)39-36/h10-11,14-16,20-21,23,27-28,36,38-39H,4,6-9,12-13,17-19H2,1-3,5H3. The minimum absolute atomic E-state index is 0.0468. The average molecular weight is 520 g/mol. The minimum atomic E-state index is 0.0468. The zero-order valence-electron chi connectivity index (χ0n) is 24.4. The summed E-state index contributed by atoms with van der Waals surface area (Å²) in [5, 5.41) is 7.65. The van der Waals surface area contributed by atoms with Gasteiger partial charge in [0, 0.05) is 17.5 Å². The Morgan fingerprint density at radius 2 is 1.67 bits per heavy atom. The molecule has 0 radical (unpaired) electrons. The average Bonchev–Trinajstić information content (AvgIpc) is 3.63. The SMILES string of the molecule is C=C1c2cc3c(cc2CC1CCC1CCCC1)NC(c1c(CC(C)Cc2cc(C)ccc2C)ccnc1C)N3. The zero-order valence-corrected chi connectivity index (χ0v) is 24.4. The van der Waals surface area contributed by atoms with E-state index in [1.807, 2.05) is 6.20 Å². The van der Waals surface area contributed by atoms with Crippen molar-refractivity contribution in [3.05, 3.63) is 93.8 Å². The van der Waals surface area contributed by atoms with Gasteiger partial charge in [0.2, 0.25) is 0 Å². The van der Waals surface area contributed by atoms with Crippen LogP contribution in [0.15, 0.2) is 49.2 Å². The highest BCUT2D eigenvalue weighted by Crippen LogP contribution is 2.46. The number of pyridine rings is 1. The van der Waals surface area contributed by atoms with Gasteiger partial charge in [-0.05, 0) is 122 Å². The lowest BCUT2D eigenvalue weighted by Crippen LogP contribution is -2.18. The van der Waals surface area contributed by atoms with Gasteiger partial charge in [0.05, 0.1) is 11.4 Å². The number of aryl methyl sites for hydroxylation is 3. The van der Waals surface area contributed by atoms with Crippen LogP contribution in [-0.2, 0) is 19.3 Å². The summed E-state index contributed by atoms with van der Waals surface area (Å²) >= 11 is 0. The molecule has 1 aliphatic heterocycles. The summed E-state index contributed by atoms with van der Waals surface area (Å²) in [6.07, 6.45) is 13.7. The molecule has 204 valence electrons. The molecular weight excluding hydrogens is 474 g/mol. The van der Waals surface area contributed by atoms with Crippen LogP contribution in [0.25, 0.3) is 5.57 Å². The number of hydrogen-bond acceptors (Lipinski definition) is 3. The molecule has 2 N–H and O–H groups in total. The zero-order chi connectivity index (χ0) is 27.1. The number of nitrogens with one attached hydrogen (secondary N) is 2. The summed E-state index contributed by atoms with van der Waals surface area (Å²) in [7, 11) is 0. The van der Waals surface area contributed by atoms with Crippen molar-refractivity contribution in [1.29, 1.82) is 0 Å². The Balaban J connectivity index is 1.16. The molecule has 0 amide bonds. The Hall–Kier alpha value is -3.07. The Bertz CT molecular complexity index is 1380. The number of allylic oxidation sites excluding steroid dienone is 1. The molecule has 1 aromatic heterocycles. The molecule has 0 spiro atoms. The minimum Gasteiger partial charge on any atom is -0.360 e. The molecule has 0 saturated heterocycles. The number of anilines is 2. The number of benzene rings is 2. The van der Waals surface area contributed by atoms with Crippen LogP contribution in [-0.4, -0.2) is 4.98 Å². The molecule has 3 unspecified atom stereocenters. The van der Waals surface area contributed by atoms with Crippen LogP contribution in [0.5, 0.6) is 0 Å².